The molecule has 0 aliphatic carbocycles. The molecule has 2 nitrogen and oxygen atoms in total. The van der Waals surface area contributed by atoms with Gasteiger partial charge in [0.05, 0.1) is 16.5 Å². The molecule has 0 N–H and O–H groups in total. The maximum absolute atomic E-state index is 12.0. The van der Waals surface area contributed by atoms with E-state index >= 15 is 0 Å². The smallest absolute Gasteiger partial charge is 0.315 e. The molecule has 0 amide bonds. The number of carbonyl (C=O) groups excluding carboxylic acids is 1. The molecule has 0 fully saturated rings. The third kappa shape index (κ3) is 3.45. The monoisotopic (exact) mass is 328 g/mol. The lowest BCUT2D eigenvalue weighted by molar-refractivity contribution is -0.133. The fraction of sp³-hybridized carbons (Fsp3) is 0.133. The molecule has 0 aliphatic heterocycles. The number of carbonyl (C=O) groups is 1. The summed E-state index contributed by atoms with van der Waals surface area (Å²) in [6.45, 7) is 1.86. The molecule has 0 unspecified atom stereocenters. The molecule has 0 aromatic heterocycles. The van der Waals surface area contributed by atoms with Gasteiger partial charge in [0.2, 0.25) is 0 Å². The van der Waals surface area contributed by atoms with Crippen LogP contribution in [0.5, 0.6) is 5.75 Å². The summed E-state index contributed by atoms with van der Waals surface area (Å²) in [4.78, 5) is 12.0. The van der Waals surface area contributed by atoms with Gasteiger partial charge in [-0.3, -0.25) is 4.79 Å². The quantitative estimate of drug-likeness (QED) is 0.445. The topological polar surface area (TPSA) is 26.3 Å². The number of ether oxygens (including phenoxy) is 1. The Hall–Kier alpha value is -1.22. The molecule has 20 heavy (non-hydrogen) atoms. The zero-order valence-electron chi connectivity index (χ0n) is 10.6. The van der Waals surface area contributed by atoms with E-state index in [-0.39, 0.29) is 11.4 Å². The first-order valence-electron chi connectivity index (χ1n) is 5.87. The number of halogens is 3. The third-order valence-electron chi connectivity index (χ3n) is 2.78. The minimum Gasteiger partial charge on any atom is -0.426 e. The van der Waals surface area contributed by atoms with Crippen LogP contribution in [0.3, 0.4) is 0 Å². The van der Waals surface area contributed by atoms with Gasteiger partial charge in [0.1, 0.15) is 5.75 Å². The highest BCUT2D eigenvalue weighted by Gasteiger charge is 2.15. The van der Waals surface area contributed by atoms with E-state index < -0.39 is 5.97 Å². The van der Waals surface area contributed by atoms with E-state index in [9.17, 15) is 4.79 Å². The van der Waals surface area contributed by atoms with Crippen molar-refractivity contribution in [3.05, 3.63) is 62.6 Å². The Bertz CT molecular complexity index is 654. The minimum absolute atomic E-state index is 0.0352. The highest BCUT2D eigenvalue weighted by molar-refractivity contribution is 6.44. The standard InChI is InChI=1S/C15H11Cl3O2/c1-9-4-2-3-5-13(9)20-14(19)8-10-11(16)6-7-12(17)15(10)18/h2-7H,8H2,1H3. The van der Waals surface area contributed by atoms with Gasteiger partial charge in [-0.05, 0) is 30.7 Å². The van der Waals surface area contributed by atoms with Crippen molar-refractivity contribution >= 4 is 40.8 Å². The largest absolute Gasteiger partial charge is 0.426 e. The van der Waals surface area contributed by atoms with Gasteiger partial charge in [-0.2, -0.15) is 0 Å². The Labute approximate surface area is 132 Å². The van der Waals surface area contributed by atoms with Crippen LogP contribution in [0.25, 0.3) is 0 Å². The Kier molecular flexibility index (Phi) is 4.92. The average Bonchev–Trinajstić information content (AvgIpc) is 2.42. The summed E-state index contributed by atoms with van der Waals surface area (Å²) >= 11 is 18.0. The highest BCUT2D eigenvalue weighted by Crippen LogP contribution is 2.32. The van der Waals surface area contributed by atoms with Crippen molar-refractivity contribution in [1.29, 1.82) is 0 Å². The summed E-state index contributed by atoms with van der Waals surface area (Å²) in [5.74, 6) is 0.0807. The van der Waals surface area contributed by atoms with Gasteiger partial charge in [-0.25, -0.2) is 0 Å². The van der Waals surface area contributed by atoms with Crippen LogP contribution < -0.4 is 4.74 Å². The highest BCUT2D eigenvalue weighted by atomic mass is 35.5. The van der Waals surface area contributed by atoms with E-state index in [0.717, 1.165) is 5.56 Å². The Balaban J connectivity index is 2.17. The second-order valence-electron chi connectivity index (χ2n) is 4.24. The molecule has 2 aromatic carbocycles. The van der Waals surface area contributed by atoms with Gasteiger partial charge in [-0.1, -0.05) is 53.0 Å². The second-order valence-corrected chi connectivity index (χ2v) is 5.43. The molecule has 0 bridgehead atoms. The number of para-hydroxylation sites is 1. The van der Waals surface area contributed by atoms with E-state index in [1.807, 2.05) is 19.1 Å². The predicted octanol–water partition coefficient (Wildman–Crippen LogP) is 5.10. The number of rotatable bonds is 3. The lowest BCUT2D eigenvalue weighted by Crippen LogP contribution is -2.12. The van der Waals surface area contributed by atoms with Crippen LogP contribution in [-0.4, -0.2) is 5.97 Å². The number of aryl methyl sites for hydroxylation is 1. The van der Waals surface area contributed by atoms with Crippen LogP contribution >= 0.6 is 34.8 Å². The van der Waals surface area contributed by atoms with Crippen LogP contribution in [0.2, 0.25) is 15.1 Å². The van der Waals surface area contributed by atoms with Crippen LogP contribution in [0.4, 0.5) is 0 Å². The van der Waals surface area contributed by atoms with Crippen molar-refractivity contribution in [2.24, 2.45) is 0 Å². The summed E-state index contributed by atoms with van der Waals surface area (Å²) in [6.07, 6.45) is -0.0352. The Morgan fingerprint density at radius 3 is 2.40 bits per heavy atom. The van der Waals surface area contributed by atoms with Crippen LogP contribution in [0, 0.1) is 6.92 Å². The SMILES string of the molecule is Cc1ccccc1OC(=O)Cc1c(Cl)ccc(Cl)c1Cl. The lowest BCUT2D eigenvalue weighted by atomic mass is 10.1. The molecule has 104 valence electrons. The van der Waals surface area contributed by atoms with Crippen molar-refractivity contribution in [2.45, 2.75) is 13.3 Å². The molecule has 0 heterocycles. The zero-order valence-corrected chi connectivity index (χ0v) is 12.9. The average molecular weight is 330 g/mol. The summed E-state index contributed by atoms with van der Waals surface area (Å²) in [7, 11) is 0. The van der Waals surface area contributed by atoms with Crippen molar-refractivity contribution < 1.29 is 9.53 Å². The maximum Gasteiger partial charge on any atom is 0.315 e. The number of hydrogen-bond acceptors (Lipinski definition) is 2. The van der Waals surface area contributed by atoms with Gasteiger partial charge in [-0.15, -0.1) is 0 Å². The van der Waals surface area contributed by atoms with Crippen molar-refractivity contribution in [1.82, 2.24) is 0 Å². The number of benzene rings is 2. The summed E-state index contributed by atoms with van der Waals surface area (Å²) in [6, 6.07) is 10.5. The fourth-order valence-corrected chi connectivity index (χ4v) is 2.39. The zero-order chi connectivity index (χ0) is 14.7. The molecule has 2 aromatic rings. The van der Waals surface area contributed by atoms with E-state index in [1.54, 1.807) is 24.3 Å². The fourth-order valence-electron chi connectivity index (χ4n) is 1.71. The Morgan fingerprint density at radius 2 is 1.70 bits per heavy atom. The van der Waals surface area contributed by atoms with Gasteiger partial charge in [0, 0.05) is 10.6 Å². The van der Waals surface area contributed by atoms with E-state index in [0.29, 0.717) is 21.4 Å². The van der Waals surface area contributed by atoms with Crippen LogP contribution in [-0.2, 0) is 11.2 Å². The molecule has 0 saturated heterocycles. The molecule has 2 rings (SSSR count). The summed E-state index contributed by atoms with van der Waals surface area (Å²) in [5, 5.41) is 1.02. The molecular formula is C15H11Cl3O2. The van der Waals surface area contributed by atoms with Gasteiger partial charge >= 0.3 is 5.97 Å². The van der Waals surface area contributed by atoms with Crippen molar-refractivity contribution in [2.75, 3.05) is 0 Å². The van der Waals surface area contributed by atoms with Gasteiger partial charge in [0.15, 0.2) is 0 Å². The molecule has 0 saturated carbocycles. The first-order chi connectivity index (χ1) is 9.49. The second kappa shape index (κ2) is 6.49. The molecule has 0 radical (unpaired) electrons. The normalized spacial score (nSPS) is 10.4. The number of hydrogen-bond donors (Lipinski definition) is 0. The molecule has 0 aliphatic rings. The van der Waals surface area contributed by atoms with E-state index in [4.69, 9.17) is 39.5 Å². The van der Waals surface area contributed by atoms with Crippen LogP contribution in [0.15, 0.2) is 36.4 Å². The lowest BCUT2D eigenvalue weighted by Gasteiger charge is -2.10. The minimum atomic E-state index is -0.439. The van der Waals surface area contributed by atoms with E-state index in [2.05, 4.69) is 0 Å². The maximum atomic E-state index is 12.0. The molecule has 0 spiro atoms. The van der Waals surface area contributed by atoms with Crippen molar-refractivity contribution in [3.8, 4) is 5.75 Å². The van der Waals surface area contributed by atoms with Gasteiger partial charge < -0.3 is 4.74 Å². The van der Waals surface area contributed by atoms with Crippen molar-refractivity contribution in [3.63, 3.8) is 0 Å². The van der Waals surface area contributed by atoms with Crippen LogP contribution in [0.1, 0.15) is 11.1 Å². The predicted molar refractivity (Wildman–Crippen MR) is 82.0 cm³/mol. The number of esters is 1. The summed E-state index contributed by atoms with van der Waals surface area (Å²) in [5.41, 5.74) is 1.35. The Morgan fingerprint density at radius 1 is 1.05 bits per heavy atom. The molecular weight excluding hydrogens is 319 g/mol. The van der Waals surface area contributed by atoms with Gasteiger partial charge in [0.25, 0.3) is 0 Å². The first-order valence-corrected chi connectivity index (χ1v) is 7.01. The molecule has 0 atom stereocenters. The first kappa shape index (κ1) is 15.2. The van der Waals surface area contributed by atoms with E-state index in [1.165, 1.54) is 0 Å². The summed E-state index contributed by atoms with van der Waals surface area (Å²) < 4.78 is 5.30. The third-order valence-corrected chi connectivity index (χ3v) is 3.97. The molecule has 5 heteroatoms.